The zero-order chi connectivity index (χ0) is 23.5. The second kappa shape index (κ2) is 9.90. The topological polar surface area (TPSA) is 17.3 Å². The molecule has 1 heterocycles. The Balaban J connectivity index is 1.76. The highest BCUT2D eigenvalue weighted by Crippen LogP contribution is 2.36. The summed E-state index contributed by atoms with van der Waals surface area (Å²) in [6, 6.07) is 36.0. The smallest absolute Gasteiger partial charge is 0.0645 e. The minimum atomic E-state index is 0.475. The molecule has 0 N–H and O–H groups in total. The van der Waals surface area contributed by atoms with Gasteiger partial charge in [-0.05, 0) is 59.7 Å². The highest BCUT2D eigenvalue weighted by atomic mass is 35.5. The van der Waals surface area contributed by atoms with Gasteiger partial charge < -0.3 is 4.57 Å². The van der Waals surface area contributed by atoms with E-state index in [-0.39, 0.29) is 0 Å². The van der Waals surface area contributed by atoms with Gasteiger partial charge in [0.1, 0.15) is 0 Å². The lowest BCUT2D eigenvalue weighted by molar-refractivity contribution is 1.09. The predicted molar refractivity (Wildman–Crippen MR) is 145 cm³/mol. The fourth-order valence-corrected chi connectivity index (χ4v) is 4.33. The lowest BCUT2D eigenvalue weighted by atomic mass is 10.1. The van der Waals surface area contributed by atoms with Crippen LogP contribution in [0.1, 0.15) is 5.56 Å². The van der Waals surface area contributed by atoms with Gasteiger partial charge in [0.2, 0.25) is 0 Å². The van der Waals surface area contributed by atoms with Gasteiger partial charge in [-0.3, -0.25) is 4.99 Å². The van der Waals surface area contributed by atoms with Crippen LogP contribution in [0.25, 0.3) is 28.2 Å². The molecule has 0 saturated heterocycles. The van der Waals surface area contributed by atoms with Crippen LogP contribution in [0.15, 0.2) is 114 Å². The maximum Gasteiger partial charge on any atom is 0.0645 e. The summed E-state index contributed by atoms with van der Waals surface area (Å²) in [6.07, 6.45) is 1.88. The zero-order valence-corrected chi connectivity index (χ0v) is 20.3. The quantitative estimate of drug-likeness (QED) is 0.213. The Morgan fingerprint density at radius 3 is 1.91 bits per heavy atom. The Kier molecular flexibility index (Phi) is 6.55. The molecule has 0 amide bonds. The molecule has 0 saturated carbocycles. The van der Waals surface area contributed by atoms with Crippen molar-refractivity contribution in [2.24, 2.45) is 4.99 Å². The second-order valence-corrected chi connectivity index (χ2v) is 8.98. The van der Waals surface area contributed by atoms with Crippen molar-refractivity contribution in [3.63, 3.8) is 0 Å². The van der Waals surface area contributed by atoms with Crippen LogP contribution in [0.5, 0.6) is 0 Å². The maximum absolute atomic E-state index is 6.21. The Bertz CT molecular complexity index is 1460. The molecule has 166 valence electrons. The van der Waals surface area contributed by atoms with Gasteiger partial charge in [-0.25, -0.2) is 0 Å². The highest BCUT2D eigenvalue weighted by molar-refractivity contribution is 6.42. The molecule has 0 unspecified atom stereocenters. The monoisotopic (exact) mass is 500 g/mol. The predicted octanol–water partition coefficient (Wildman–Crippen LogP) is 9.52. The molecule has 1 aromatic heterocycles. The molecule has 0 atom stereocenters. The largest absolute Gasteiger partial charge is 0.309 e. The maximum atomic E-state index is 6.21. The van der Waals surface area contributed by atoms with Crippen molar-refractivity contribution >= 4 is 46.7 Å². The number of rotatable bonds is 5. The van der Waals surface area contributed by atoms with E-state index in [1.54, 1.807) is 12.1 Å². The summed E-state index contributed by atoms with van der Waals surface area (Å²) >= 11 is 18.5. The fraction of sp³-hybridized carbons (Fsp3) is 0. The van der Waals surface area contributed by atoms with E-state index < -0.39 is 0 Å². The van der Waals surface area contributed by atoms with Crippen molar-refractivity contribution < 1.29 is 0 Å². The molecule has 5 heteroatoms. The number of hydrogen-bond donors (Lipinski definition) is 0. The molecule has 0 radical (unpaired) electrons. The molecular formula is C29H19Cl3N2. The van der Waals surface area contributed by atoms with Crippen molar-refractivity contribution in [2.45, 2.75) is 0 Å². The fourth-order valence-electron chi connectivity index (χ4n) is 3.91. The first-order valence-electron chi connectivity index (χ1n) is 10.7. The Labute approximate surface area is 213 Å². The van der Waals surface area contributed by atoms with Crippen LogP contribution >= 0.6 is 34.8 Å². The Morgan fingerprint density at radius 1 is 0.618 bits per heavy atom. The van der Waals surface area contributed by atoms with Crippen LogP contribution < -0.4 is 0 Å². The van der Waals surface area contributed by atoms with E-state index in [1.807, 2.05) is 72.9 Å². The van der Waals surface area contributed by atoms with E-state index in [0.717, 1.165) is 39.5 Å². The van der Waals surface area contributed by atoms with Gasteiger partial charge in [-0.2, -0.15) is 0 Å². The molecule has 5 rings (SSSR count). The zero-order valence-electron chi connectivity index (χ0n) is 18.0. The second-order valence-electron chi connectivity index (χ2n) is 7.73. The summed E-state index contributed by atoms with van der Waals surface area (Å²) in [5.41, 5.74) is 6.98. The lowest BCUT2D eigenvalue weighted by Crippen LogP contribution is -2.00. The van der Waals surface area contributed by atoms with Crippen LogP contribution in [-0.4, -0.2) is 10.8 Å². The molecule has 5 aromatic rings. The number of benzene rings is 4. The molecule has 34 heavy (non-hydrogen) atoms. The van der Waals surface area contributed by atoms with Crippen molar-refractivity contribution in [3.05, 3.63) is 130 Å². The molecule has 0 aliphatic carbocycles. The van der Waals surface area contributed by atoms with Crippen molar-refractivity contribution in [1.82, 2.24) is 4.57 Å². The number of aliphatic imine (C=N–C) groups is 1. The molecule has 2 nitrogen and oxygen atoms in total. The normalized spacial score (nSPS) is 11.3. The van der Waals surface area contributed by atoms with E-state index in [2.05, 4.69) is 34.9 Å². The van der Waals surface area contributed by atoms with Gasteiger partial charge >= 0.3 is 0 Å². The summed E-state index contributed by atoms with van der Waals surface area (Å²) in [4.78, 5) is 4.72. The van der Waals surface area contributed by atoms with E-state index >= 15 is 0 Å². The molecule has 0 aliphatic heterocycles. The highest BCUT2D eigenvalue weighted by Gasteiger charge is 2.18. The number of aromatic nitrogens is 1. The third-order valence-electron chi connectivity index (χ3n) is 5.49. The third-order valence-corrected chi connectivity index (χ3v) is 6.48. The molecule has 0 aliphatic rings. The van der Waals surface area contributed by atoms with Crippen molar-refractivity contribution in [2.75, 3.05) is 0 Å². The SMILES string of the molecule is Clc1ccc(-n2c(-c3ccccc3)cc(C=Nc3ccc(Cl)c(Cl)c3)c2-c2ccccc2)cc1. The number of nitrogens with zero attached hydrogens (tertiary/aromatic N) is 2. The Hall–Kier alpha value is -3.30. The van der Waals surface area contributed by atoms with Crippen LogP contribution in [0.4, 0.5) is 5.69 Å². The average molecular weight is 502 g/mol. The molecule has 0 bridgehead atoms. The van der Waals surface area contributed by atoms with Crippen LogP contribution in [0, 0.1) is 0 Å². The summed E-state index contributed by atoms with van der Waals surface area (Å²) in [5, 5.41) is 1.67. The first-order chi connectivity index (χ1) is 16.6. The minimum absolute atomic E-state index is 0.475. The third kappa shape index (κ3) is 4.67. The lowest BCUT2D eigenvalue weighted by Gasteiger charge is -2.15. The van der Waals surface area contributed by atoms with E-state index in [1.165, 1.54) is 0 Å². The molecule has 0 spiro atoms. The van der Waals surface area contributed by atoms with Gasteiger partial charge in [0.05, 0.1) is 27.1 Å². The van der Waals surface area contributed by atoms with Crippen LogP contribution in [0.3, 0.4) is 0 Å². The van der Waals surface area contributed by atoms with E-state index in [4.69, 9.17) is 39.8 Å². The first-order valence-corrected chi connectivity index (χ1v) is 11.9. The van der Waals surface area contributed by atoms with Gasteiger partial charge in [0, 0.05) is 22.5 Å². The van der Waals surface area contributed by atoms with E-state index in [9.17, 15) is 0 Å². The van der Waals surface area contributed by atoms with Crippen molar-refractivity contribution in [1.29, 1.82) is 0 Å². The van der Waals surface area contributed by atoms with Gasteiger partial charge in [-0.15, -0.1) is 0 Å². The van der Waals surface area contributed by atoms with Gasteiger partial charge in [-0.1, -0.05) is 95.5 Å². The number of halogens is 3. The summed E-state index contributed by atoms with van der Waals surface area (Å²) in [5.74, 6) is 0. The van der Waals surface area contributed by atoms with Crippen molar-refractivity contribution in [3.8, 4) is 28.2 Å². The Morgan fingerprint density at radius 2 is 1.26 bits per heavy atom. The van der Waals surface area contributed by atoms with Crippen LogP contribution in [0.2, 0.25) is 15.1 Å². The van der Waals surface area contributed by atoms with Gasteiger partial charge in [0.15, 0.2) is 0 Å². The summed E-state index contributed by atoms with van der Waals surface area (Å²) in [7, 11) is 0. The van der Waals surface area contributed by atoms with Gasteiger partial charge in [0.25, 0.3) is 0 Å². The summed E-state index contributed by atoms with van der Waals surface area (Å²) < 4.78 is 2.25. The van der Waals surface area contributed by atoms with E-state index in [0.29, 0.717) is 15.1 Å². The average Bonchev–Trinajstić information content (AvgIpc) is 3.26. The molecule has 4 aromatic carbocycles. The standard InChI is InChI=1S/C29H19Cl3N2/c30-23-11-14-25(15-12-23)34-28(20-7-3-1-4-8-20)17-22(29(34)21-9-5-2-6-10-21)19-33-24-13-16-26(31)27(32)18-24/h1-19H. The first kappa shape index (κ1) is 22.5. The molecule has 0 fully saturated rings. The number of hydrogen-bond acceptors (Lipinski definition) is 1. The summed E-state index contributed by atoms with van der Waals surface area (Å²) in [6.45, 7) is 0. The minimum Gasteiger partial charge on any atom is -0.309 e. The molecular weight excluding hydrogens is 483 g/mol. The van der Waals surface area contributed by atoms with Crippen LogP contribution in [-0.2, 0) is 0 Å².